The molecule has 0 radical (unpaired) electrons. The number of nitrogens with one attached hydrogen (secondary N) is 2. The van der Waals surface area contributed by atoms with Crippen LogP contribution in [0.25, 0.3) is 22.9 Å². The first-order valence-corrected chi connectivity index (χ1v) is 15.3. The van der Waals surface area contributed by atoms with Gasteiger partial charge in [-0.3, -0.25) is 14.9 Å². The van der Waals surface area contributed by atoms with Crippen molar-refractivity contribution in [2.24, 2.45) is 5.92 Å². The summed E-state index contributed by atoms with van der Waals surface area (Å²) in [4.78, 5) is 39.4. The number of aromatic nitrogens is 6. The first-order chi connectivity index (χ1) is 22.3. The van der Waals surface area contributed by atoms with E-state index in [9.17, 15) is 14.4 Å². The van der Waals surface area contributed by atoms with Gasteiger partial charge in [-0.2, -0.15) is 14.9 Å². The van der Waals surface area contributed by atoms with Gasteiger partial charge >= 0.3 is 6.09 Å². The van der Waals surface area contributed by atoms with Crippen LogP contribution < -0.4 is 10.6 Å². The predicted octanol–water partition coefficient (Wildman–Crippen LogP) is 4.86. The number of ether oxygens (including phenoxy) is 1. The van der Waals surface area contributed by atoms with Crippen LogP contribution in [0, 0.1) is 5.92 Å². The van der Waals surface area contributed by atoms with E-state index in [1.54, 1.807) is 42.6 Å². The standard InChI is InChI=1S/C32H34ClN9O4/c1-3-31(44)41-14-4-5-21(19-41)15-27(28-17-24(18-34-38-28)22-6-10-26(11-7-22)36-32(45)46-2)37-30(43)13-8-23-16-25(33)9-12-29(23)42-20-35-39-40-42/h6-13,16-18,20-21,27H,3-5,14-15,19H2,1-2H3,(H,36,45)(H,37,43)/t21?,27-/m0/s1. The summed E-state index contributed by atoms with van der Waals surface area (Å²) in [5.74, 6) is -0.0533. The Labute approximate surface area is 271 Å². The van der Waals surface area contributed by atoms with Crippen molar-refractivity contribution < 1.29 is 19.1 Å². The van der Waals surface area contributed by atoms with E-state index in [1.807, 2.05) is 30.0 Å². The fourth-order valence-electron chi connectivity index (χ4n) is 5.45. The van der Waals surface area contributed by atoms with Gasteiger partial charge in [0.2, 0.25) is 11.8 Å². The first kappa shape index (κ1) is 32.2. The van der Waals surface area contributed by atoms with E-state index in [4.69, 9.17) is 11.6 Å². The molecular weight excluding hydrogens is 610 g/mol. The van der Waals surface area contributed by atoms with Crippen LogP contribution in [0.3, 0.4) is 0 Å². The average molecular weight is 644 g/mol. The van der Waals surface area contributed by atoms with E-state index in [1.165, 1.54) is 24.2 Å². The molecule has 2 atom stereocenters. The van der Waals surface area contributed by atoms with E-state index in [-0.39, 0.29) is 17.7 Å². The highest BCUT2D eigenvalue weighted by Crippen LogP contribution is 2.30. The molecule has 0 spiro atoms. The lowest BCUT2D eigenvalue weighted by Crippen LogP contribution is -2.41. The molecule has 2 aromatic carbocycles. The molecule has 0 aliphatic carbocycles. The molecule has 13 nitrogen and oxygen atoms in total. The Hall–Kier alpha value is -5.17. The highest BCUT2D eigenvalue weighted by molar-refractivity contribution is 6.30. The normalized spacial score (nSPS) is 15.4. The third-order valence-corrected chi connectivity index (χ3v) is 7.97. The third-order valence-electron chi connectivity index (χ3n) is 7.74. The predicted molar refractivity (Wildman–Crippen MR) is 172 cm³/mol. The van der Waals surface area contributed by atoms with Crippen LogP contribution in [0.2, 0.25) is 5.02 Å². The number of halogens is 1. The van der Waals surface area contributed by atoms with Gasteiger partial charge in [0.25, 0.3) is 0 Å². The summed E-state index contributed by atoms with van der Waals surface area (Å²) in [6, 6.07) is 13.9. The fraction of sp³-hybridized carbons (Fsp3) is 0.312. The van der Waals surface area contributed by atoms with Gasteiger partial charge in [-0.25, -0.2) is 4.79 Å². The Balaban J connectivity index is 1.39. The van der Waals surface area contributed by atoms with Crippen LogP contribution in [0.5, 0.6) is 0 Å². The number of nitrogens with zero attached hydrogens (tertiary/aromatic N) is 7. The second-order valence-electron chi connectivity index (χ2n) is 10.9. The van der Waals surface area contributed by atoms with Crippen LogP contribution in [0.4, 0.5) is 10.5 Å². The number of likely N-dealkylation sites (tertiary alicyclic amines) is 1. The zero-order valence-corrected chi connectivity index (χ0v) is 26.2. The molecule has 1 aliphatic rings. The van der Waals surface area contributed by atoms with Crippen LogP contribution in [0.15, 0.2) is 67.1 Å². The van der Waals surface area contributed by atoms with Gasteiger partial charge in [0.15, 0.2) is 0 Å². The molecule has 2 aromatic heterocycles. The molecule has 5 rings (SSSR count). The van der Waals surface area contributed by atoms with E-state index in [0.29, 0.717) is 47.0 Å². The van der Waals surface area contributed by atoms with Crippen molar-refractivity contribution in [2.75, 3.05) is 25.5 Å². The zero-order chi connectivity index (χ0) is 32.5. The second kappa shape index (κ2) is 15.2. The lowest BCUT2D eigenvalue weighted by Gasteiger charge is -2.34. The number of methoxy groups -OCH3 is 1. The summed E-state index contributed by atoms with van der Waals surface area (Å²) in [7, 11) is 1.30. The van der Waals surface area contributed by atoms with Crippen molar-refractivity contribution in [2.45, 2.75) is 38.6 Å². The minimum Gasteiger partial charge on any atom is -0.453 e. The van der Waals surface area contributed by atoms with Crippen molar-refractivity contribution in [3.63, 3.8) is 0 Å². The van der Waals surface area contributed by atoms with E-state index in [2.05, 4.69) is 41.1 Å². The number of benzene rings is 2. The molecule has 3 amide bonds. The molecule has 1 fully saturated rings. The maximum absolute atomic E-state index is 13.4. The molecule has 2 N–H and O–H groups in total. The molecule has 46 heavy (non-hydrogen) atoms. The smallest absolute Gasteiger partial charge is 0.411 e. The van der Waals surface area contributed by atoms with E-state index < -0.39 is 12.1 Å². The Morgan fingerprint density at radius 3 is 2.67 bits per heavy atom. The Bertz CT molecular complexity index is 1700. The molecule has 238 valence electrons. The lowest BCUT2D eigenvalue weighted by atomic mass is 9.89. The topological polar surface area (TPSA) is 157 Å². The summed E-state index contributed by atoms with van der Waals surface area (Å²) >= 11 is 6.25. The van der Waals surface area contributed by atoms with Gasteiger partial charge in [-0.05, 0) is 83.6 Å². The fourth-order valence-corrected chi connectivity index (χ4v) is 5.63. The number of hydrogen-bond acceptors (Lipinski definition) is 9. The molecule has 1 aliphatic heterocycles. The van der Waals surface area contributed by atoms with Gasteiger partial charge in [-0.15, -0.1) is 5.10 Å². The van der Waals surface area contributed by atoms with Crippen LogP contribution in [-0.4, -0.2) is 73.4 Å². The average Bonchev–Trinajstić information content (AvgIpc) is 3.62. The number of carbonyl (C=O) groups is 3. The SMILES string of the molecule is CCC(=O)N1CCCC(C[C@H](NC(=O)C=Cc2cc(Cl)ccc2-n2cnnn2)c2cc(-c3ccc(NC(=O)OC)cc3)cnn2)C1. The summed E-state index contributed by atoms with van der Waals surface area (Å²) in [5, 5.41) is 26.3. The number of hydrogen-bond donors (Lipinski definition) is 2. The highest BCUT2D eigenvalue weighted by Gasteiger charge is 2.27. The maximum Gasteiger partial charge on any atom is 0.411 e. The monoisotopic (exact) mass is 643 g/mol. The molecule has 0 bridgehead atoms. The summed E-state index contributed by atoms with van der Waals surface area (Å²) in [6.45, 7) is 3.22. The zero-order valence-electron chi connectivity index (χ0n) is 25.5. The summed E-state index contributed by atoms with van der Waals surface area (Å²) < 4.78 is 6.15. The lowest BCUT2D eigenvalue weighted by molar-refractivity contribution is -0.132. The van der Waals surface area contributed by atoms with Gasteiger partial charge in [-0.1, -0.05) is 30.7 Å². The van der Waals surface area contributed by atoms with Crippen molar-refractivity contribution in [3.8, 4) is 16.8 Å². The van der Waals surface area contributed by atoms with E-state index >= 15 is 0 Å². The van der Waals surface area contributed by atoms with Crippen LogP contribution >= 0.6 is 11.6 Å². The van der Waals surface area contributed by atoms with Crippen LogP contribution in [0.1, 0.15) is 49.9 Å². The third kappa shape index (κ3) is 8.30. The molecule has 1 unspecified atom stereocenters. The van der Waals surface area contributed by atoms with Crippen molar-refractivity contribution in [1.29, 1.82) is 0 Å². The van der Waals surface area contributed by atoms with Crippen molar-refractivity contribution in [1.82, 2.24) is 40.6 Å². The maximum atomic E-state index is 13.4. The van der Waals surface area contributed by atoms with Gasteiger partial charge < -0.3 is 15.0 Å². The van der Waals surface area contributed by atoms with Gasteiger partial charge in [0.05, 0.1) is 30.7 Å². The minimum absolute atomic E-state index is 0.125. The van der Waals surface area contributed by atoms with Gasteiger partial charge in [0, 0.05) is 47.4 Å². The second-order valence-corrected chi connectivity index (χ2v) is 11.3. The number of piperidine rings is 1. The Morgan fingerprint density at radius 2 is 1.93 bits per heavy atom. The minimum atomic E-state index is -0.558. The molecule has 14 heteroatoms. The quantitative estimate of drug-likeness (QED) is 0.230. The molecule has 3 heterocycles. The number of carbonyl (C=O) groups excluding carboxylic acids is 3. The number of anilines is 1. The summed E-state index contributed by atoms with van der Waals surface area (Å²) in [6.07, 6.45) is 8.48. The molecule has 1 saturated heterocycles. The number of tetrazole rings is 1. The molecule has 4 aromatic rings. The number of rotatable bonds is 10. The molecule has 0 saturated carbocycles. The molecular formula is C32H34ClN9O4. The van der Waals surface area contributed by atoms with Crippen molar-refractivity contribution >= 4 is 41.3 Å². The summed E-state index contributed by atoms with van der Waals surface area (Å²) in [5.41, 5.74) is 4.13. The Morgan fingerprint density at radius 1 is 1.11 bits per heavy atom. The number of amides is 3. The first-order valence-electron chi connectivity index (χ1n) is 14.9. The largest absolute Gasteiger partial charge is 0.453 e. The van der Waals surface area contributed by atoms with Crippen molar-refractivity contribution in [3.05, 3.63) is 83.4 Å². The van der Waals surface area contributed by atoms with Gasteiger partial charge in [0.1, 0.15) is 6.33 Å². The van der Waals surface area contributed by atoms with E-state index in [0.717, 1.165) is 30.5 Å². The van der Waals surface area contributed by atoms with Crippen LogP contribution in [-0.2, 0) is 14.3 Å². The Kier molecular flexibility index (Phi) is 10.7. The highest BCUT2D eigenvalue weighted by atomic mass is 35.5.